The van der Waals surface area contributed by atoms with Gasteiger partial charge in [-0.2, -0.15) is 5.10 Å². The second kappa shape index (κ2) is 5.89. The molecule has 0 atom stereocenters. The summed E-state index contributed by atoms with van der Waals surface area (Å²) in [6.07, 6.45) is 2.06. The Bertz CT molecular complexity index is 330. The molecule has 0 aliphatic carbocycles. The molecule has 0 spiro atoms. The third-order valence-electron chi connectivity index (χ3n) is 2.88. The van der Waals surface area contributed by atoms with E-state index in [9.17, 15) is 0 Å². The van der Waals surface area contributed by atoms with Gasteiger partial charge < -0.3 is 10.6 Å². The molecule has 92 valence electrons. The Labute approximate surface area is 98.4 Å². The maximum atomic E-state index is 5.67. The first-order valence-electron chi connectivity index (χ1n) is 6.13. The average Bonchev–Trinajstić information content (AvgIpc) is 2.52. The van der Waals surface area contributed by atoms with Crippen molar-refractivity contribution in [2.75, 3.05) is 24.5 Å². The highest BCUT2D eigenvalue weighted by molar-refractivity contribution is 5.50. The van der Waals surface area contributed by atoms with Crippen LogP contribution in [0.2, 0.25) is 0 Å². The van der Waals surface area contributed by atoms with Gasteiger partial charge in [0.15, 0.2) is 0 Å². The minimum absolute atomic E-state index is 0.684. The molecule has 0 radical (unpaired) electrons. The van der Waals surface area contributed by atoms with Gasteiger partial charge in [0.1, 0.15) is 5.82 Å². The van der Waals surface area contributed by atoms with Gasteiger partial charge in [-0.25, -0.2) is 0 Å². The molecule has 2 N–H and O–H groups in total. The van der Waals surface area contributed by atoms with Crippen LogP contribution in [0.4, 0.5) is 5.82 Å². The van der Waals surface area contributed by atoms with E-state index < -0.39 is 0 Å². The Morgan fingerprint density at radius 1 is 1.38 bits per heavy atom. The molecule has 1 aromatic rings. The van der Waals surface area contributed by atoms with Gasteiger partial charge in [0.05, 0.1) is 5.69 Å². The summed E-state index contributed by atoms with van der Waals surface area (Å²) in [6.45, 7) is 9.23. The number of nitrogens with zero attached hydrogens (tertiary/aromatic N) is 3. The zero-order chi connectivity index (χ0) is 12.1. The van der Waals surface area contributed by atoms with Crippen LogP contribution in [0.5, 0.6) is 0 Å². The van der Waals surface area contributed by atoms with Crippen molar-refractivity contribution in [3.8, 4) is 0 Å². The quantitative estimate of drug-likeness (QED) is 0.796. The molecular weight excluding hydrogens is 200 g/mol. The summed E-state index contributed by atoms with van der Waals surface area (Å²) in [4.78, 5) is 2.38. The molecule has 4 heteroatoms. The maximum absolute atomic E-state index is 5.67. The van der Waals surface area contributed by atoms with E-state index in [1.165, 1.54) is 11.4 Å². The van der Waals surface area contributed by atoms with Crippen LogP contribution < -0.4 is 10.6 Å². The van der Waals surface area contributed by atoms with Crippen molar-refractivity contribution in [2.24, 2.45) is 12.8 Å². The minimum atomic E-state index is 0.684. The normalized spacial score (nSPS) is 10.8. The van der Waals surface area contributed by atoms with Crippen molar-refractivity contribution in [2.45, 2.75) is 33.6 Å². The topological polar surface area (TPSA) is 47.1 Å². The molecular formula is C12H24N4. The van der Waals surface area contributed by atoms with E-state index in [4.69, 9.17) is 5.73 Å². The van der Waals surface area contributed by atoms with Gasteiger partial charge in [0.25, 0.3) is 0 Å². The fraction of sp³-hybridized carbons (Fsp3) is 0.750. The van der Waals surface area contributed by atoms with Crippen LogP contribution in [0.1, 0.15) is 31.5 Å². The van der Waals surface area contributed by atoms with Crippen LogP contribution in [-0.4, -0.2) is 29.4 Å². The Balaban J connectivity index is 3.07. The third-order valence-corrected chi connectivity index (χ3v) is 2.88. The summed E-state index contributed by atoms with van der Waals surface area (Å²) in [5.41, 5.74) is 8.08. The number of hydrogen-bond donors (Lipinski definition) is 1. The molecule has 0 aliphatic rings. The third kappa shape index (κ3) is 2.55. The summed E-state index contributed by atoms with van der Waals surface area (Å²) < 4.78 is 1.99. The van der Waals surface area contributed by atoms with E-state index in [0.717, 1.165) is 31.6 Å². The zero-order valence-electron chi connectivity index (χ0n) is 11.0. The molecule has 4 nitrogen and oxygen atoms in total. The Morgan fingerprint density at radius 3 is 2.56 bits per heavy atom. The van der Waals surface area contributed by atoms with Crippen LogP contribution in [-0.2, 0) is 13.5 Å². The number of aryl methyl sites for hydroxylation is 2. The van der Waals surface area contributed by atoms with E-state index in [1.807, 2.05) is 11.7 Å². The Morgan fingerprint density at radius 2 is 2.06 bits per heavy atom. The Kier molecular flexibility index (Phi) is 4.80. The fourth-order valence-corrected chi connectivity index (χ4v) is 2.21. The first-order chi connectivity index (χ1) is 7.65. The summed E-state index contributed by atoms with van der Waals surface area (Å²) in [7, 11) is 2.01. The minimum Gasteiger partial charge on any atom is -0.357 e. The van der Waals surface area contributed by atoms with Crippen molar-refractivity contribution >= 4 is 5.82 Å². The van der Waals surface area contributed by atoms with Crippen LogP contribution in [0.25, 0.3) is 0 Å². The van der Waals surface area contributed by atoms with Gasteiger partial charge in [0, 0.05) is 25.7 Å². The van der Waals surface area contributed by atoms with E-state index in [2.05, 4.69) is 30.8 Å². The standard InChI is InChI=1S/C12H24N4/c1-5-9-16(6-2)12-11(7-8-13)10(3)14-15(12)4/h5-9,13H2,1-4H3. The highest BCUT2D eigenvalue weighted by Crippen LogP contribution is 2.23. The van der Waals surface area contributed by atoms with Gasteiger partial charge in [0.2, 0.25) is 0 Å². The van der Waals surface area contributed by atoms with E-state index in [1.54, 1.807) is 0 Å². The molecule has 1 heterocycles. The van der Waals surface area contributed by atoms with Crippen LogP contribution >= 0.6 is 0 Å². The predicted octanol–water partition coefficient (Wildman–Crippen LogP) is 1.47. The number of hydrogen-bond acceptors (Lipinski definition) is 3. The summed E-state index contributed by atoms with van der Waals surface area (Å²) in [6, 6.07) is 0. The number of rotatable bonds is 6. The highest BCUT2D eigenvalue weighted by Gasteiger charge is 2.16. The largest absolute Gasteiger partial charge is 0.357 e. The van der Waals surface area contributed by atoms with Crippen LogP contribution in [0, 0.1) is 6.92 Å². The zero-order valence-corrected chi connectivity index (χ0v) is 11.0. The van der Waals surface area contributed by atoms with Gasteiger partial charge in [-0.1, -0.05) is 6.92 Å². The van der Waals surface area contributed by atoms with Crippen molar-refractivity contribution < 1.29 is 0 Å². The smallest absolute Gasteiger partial charge is 0.130 e. The number of nitrogens with two attached hydrogens (primary N) is 1. The summed E-state index contributed by atoms with van der Waals surface area (Å²) in [5, 5.41) is 4.50. The SMILES string of the molecule is CCCN(CC)c1c(CCN)c(C)nn1C. The maximum Gasteiger partial charge on any atom is 0.130 e. The summed E-state index contributed by atoms with van der Waals surface area (Å²) >= 11 is 0. The molecule has 0 unspecified atom stereocenters. The van der Waals surface area contributed by atoms with Crippen molar-refractivity contribution in [3.05, 3.63) is 11.3 Å². The molecule has 0 fully saturated rings. The van der Waals surface area contributed by atoms with Crippen molar-refractivity contribution in [3.63, 3.8) is 0 Å². The lowest BCUT2D eigenvalue weighted by molar-refractivity contribution is 0.695. The monoisotopic (exact) mass is 224 g/mol. The Hall–Kier alpha value is -1.03. The lowest BCUT2D eigenvalue weighted by Crippen LogP contribution is -2.27. The number of anilines is 1. The van der Waals surface area contributed by atoms with E-state index in [0.29, 0.717) is 6.54 Å². The molecule has 0 bridgehead atoms. The molecule has 0 saturated heterocycles. The fourth-order valence-electron chi connectivity index (χ4n) is 2.21. The van der Waals surface area contributed by atoms with Crippen molar-refractivity contribution in [1.82, 2.24) is 9.78 Å². The van der Waals surface area contributed by atoms with Crippen molar-refractivity contribution in [1.29, 1.82) is 0 Å². The highest BCUT2D eigenvalue weighted by atomic mass is 15.4. The second-order valence-corrected chi connectivity index (χ2v) is 4.13. The van der Waals surface area contributed by atoms with Gasteiger partial charge >= 0.3 is 0 Å². The molecule has 16 heavy (non-hydrogen) atoms. The van der Waals surface area contributed by atoms with Crippen LogP contribution in [0.15, 0.2) is 0 Å². The van der Waals surface area contributed by atoms with Crippen LogP contribution in [0.3, 0.4) is 0 Å². The average molecular weight is 224 g/mol. The molecule has 0 aliphatic heterocycles. The van der Waals surface area contributed by atoms with Gasteiger partial charge in [-0.3, -0.25) is 4.68 Å². The molecule has 0 saturated carbocycles. The van der Waals surface area contributed by atoms with Gasteiger partial charge in [-0.05, 0) is 33.2 Å². The van der Waals surface area contributed by atoms with E-state index in [-0.39, 0.29) is 0 Å². The van der Waals surface area contributed by atoms with Gasteiger partial charge in [-0.15, -0.1) is 0 Å². The molecule has 0 aromatic carbocycles. The lowest BCUT2D eigenvalue weighted by atomic mass is 10.1. The molecule has 1 rings (SSSR count). The number of aromatic nitrogens is 2. The first-order valence-corrected chi connectivity index (χ1v) is 6.13. The predicted molar refractivity (Wildman–Crippen MR) is 68.9 cm³/mol. The molecule has 1 aromatic heterocycles. The van der Waals surface area contributed by atoms with E-state index >= 15 is 0 Å². The second-order valence-electron chi connectivity index (χ2n) is 4.13. The lowest BCUT2D eigenvalue weighted by Gasteiger charge is -2.23. The first kappa shape index (κ1) is 13.0. The molecule has 0 amide bonds. The summed E-state index contributed by atoms with van der Waals surface area (Å²) in [5.74, 6) is 1.24.